The van der Waals surface area contributed by atoms with Crippen LogP contribution in [0.4, 0.5) is 5.69 Å². The summed E-state index contributed by atoms with van der Waals surface area (Å²) in [5.41, 5.74) is 0.338. The summed E-state index contributed by atoms with van der Waals surface area (Å²) in [6.07, 6.45) is 1.72. The van der Waals surface area contributed by atoms with Crippen molar-refractivity contribution in [2.24, 2.45) is 0 Å². The molecule has 0 spiro atoms. The highest BCUT2D eigenvalue weighted by molar-refractivity contribution is 8.00. The minimum atomic E-state index is -3.59. The summed E-state index contributed by atoms with van der Waals surface area (Å²) in [6.45, 7) is 2.83. The molecular weight excluding hydrogens is 424 g/mol. The predicted molar refractivity (Wildman–Crippen MR) is 118 cm³/mol. The number of methoxy groups -OCH3 is 2. The number of hydrogen-bond donors (Lipinski definition) is 1. The van der Waals surface area contributed by atoms with Crippen LogP contribution < -0.4 is 14.8 Å². The number of sulfonamides is 1. The van der Waals surface area contributed by atoms with Crippen molar-refractivity contribution in [3.8, 4) is 11.5 Å². The molecule has 1 aliphatic heterocycles. The van der Waals surface area contributed by atoms with Gasteiger partial charge in [0.1, 0.15) is 11.5 Å². The van der Waals surface area contributed by atoms with Gasteiger partial charge in [0.05, 0.1) is 30.1 Å². The van der Waals surface area contributed by atoms with E-state index in [2.05, 4.69) is 5.32 Å². The van der Waals surface area contributed by atoms with Crippen LogP contribution in [0.25, 0.3) is 0 Å². The third-order valence-corrected chi connectivity index (χ3v) is 7.88. The number of anilines is 1. The zero-order chi connectivity index (χ0) is 21.7. The van der Waals surface area contributed by atoms with Crippen LogP contribution in [0, 0.1) is 0 Å². The zero-order valence-electron chi connectivity index (χ0n) is 17.3. The Hall–Kier alpha value is -2.23. The molecule has 162 valence electrons. The van der Waals surface area contributed by atoms with Crippen LogP contribution in [0.3, 0.4) is 0 Å². The number of hydrogen-bond acceptors (Lipinski definition) is 6. The maximum Gasteiger partial charge on any atom is 0.243 e. The standard InChI is InChI=1S/C21H26N2O5S2/c1-15(29-17-8-6-16(27-2)7-9-17)21(24)22-19-14-18(10-11-20(19)28-3)30(25,26)23-12-4-5-13-23/h6-11,14-15H,4-5,12-13H2,1-3H3,(H,22,24)/t15-/m0/s1. The normalized spacial score (nSPS) is 15.6. The van der Waals surface area contributed by atoms with E-state index in [-0.39, 0.29) is 10.8 Å². The van der Waals surface area contributed by atoms with Gasteiger partial charge in [0.15, 0.2) is 0 Å². The van der Waals surface area contributed by atoms with E-state index < -0.39 is 15.3 Å². The second-order valence-electron chi connectivity index (χ2n) is 6.90. The highest BCUT2D eigenvalue weighted by atomic mass is 32.2. The molecule has 1 amide bonds. The molecule has 1 atom stereocenters. The molecule has 0 radical (unpaired) electrons. The first kappa shape index (κ1) is 22.5. The second kappa shape index (κ2) is 9.72. The first-order valence-corrected chi connectivity index (χ1v) is 12.0. The lowest BCUT2D eigenvalue weighted by Crippen LogP contribution is -2.28. The molecule has 2 aromatic carbocycles. The molecule has 3 rings (SSSR count). The van der Waals surface area contributed by atoms with Gasteiger partial charge in [0.25, 0.3) is 0 Å². The van der Waals surface area contributed by atoms with Gasteiger partial charge in [-0.15, -0.1) is 11.8 Å². The van der Waals surface area contributed by atoms with Gasteiger partial charge in [-0.2, -0.15) is 4.31 Å². The Morgan fingerprint density at radius 2 is 1.73 bits per heavy atom. The average molecular weight is 451 g/mol. The van der Waals surface area contributed by atoms with E-state index in [4.69, 9.17) is 9.47 Å². The first-order chi connectivity index (χ1) is 14.3. The molecule has 0 aliphatic carbocycles. The lowest BCUT2D eigenvalue weighted by molar-refractivity contribution is -0.115. The minimum absolute atomic E-state index is 0.149. The van der Waals surface area contributed by atoms with Crippen molar-refractivity contribution < 1.29 is 22.7 Å². The summed E-state index contributed by atoms with van der Waals surface area (Å²) in [7, 11) is -0.506. The van der Waals surface area contributed by atoms with Gasteiger partial charge >= 0.3 is 0 Å². The third kappa shape index (κ3) is 5.08. The van der Waals surface area contributed by atoms with E-state index in [0.717, 1.165) is 23.5 Å². The molecule has 2 aromatic rings. The molecule has 1 aliphatic rings. The highest BCUT2D eigenvalue weighted by Crippen LogP contribution is 2.32. The van der Waals surface area contributed by atoms with Crippen LogP contribution in [0.1, 0.15) is 19.8 Å². The SMILES string of the molecule is COc1ccc(S[C@@H](C)C(=O)Nc2cc(S(=O)(=O)N3CCCC3)ccc2OC)cc1. The fraction of sp³-hybridized carbons (Fsp3) is 0.381. The molecule has 30 heavy (non-hydrogen) atoms. The Morgan fingerprint density at radius 3 is 2.33 bits per heavy atom. The van der Waals surface area contributed by atoms with Crippen molar-refractivity contribution in [2.75, 3.05) is 32.6 Å². The quantitative estimate of drug-likeness (QED) is 0.619. The number of carbonyl (C=O) groups excluding carboxylic acids is 1. The summed E-state index contributed by atoms with van der Waals surface area (Å²) >= 11 is 1.40. The molecular formula is C21H26N2O5S2. The highest BCUT2D eigenvalue weighted by Gasteiger charge is 2.28. The minimum Gasteiger partial charge on any atom is -0.497 e. The van der Waals surface area contributed by atoms with Crippen LogP contribution in [-0.4, -0.2) is 51.2 Å². The Labute approximate surface area is 181 Å². The molecule has 0 saturated carbocycles. The number of thioether (sulfide) groups is 1. The summed E-state index contributed by atoms with van der Waals surface area (Å²) in [4.78, 5) is 13.8. The zero-order valence-corrected chi connectivity index (χ0v) is 18.9. The van der Waals surface area contributed by atoms with E-state index in [0.29, 0.717) is 24.5 Å². The lowest BCUT2D eigenvalue weighted by Gasteiger charge is -2.18. The van der Waals surface area contributed by atoms with Crippen molar-refractivity contribution in [3.63, 3.8) is 0 Å². The van der Waals surface area contributed by atoms with Gasteiger partial charge in [-0.1, -0.05) is 0 Å². The fourth-order valence-electron chi connectivity index (χ4n) is 3.17. The smallest absolute Gasteiger partial charge is 0.243 e. The lowest BCUT2D eigenvalue weighted by atomic mass is 10.3. The van der Waals surface area contributed by atoms with E-state index in [1.54, 1.807) is 20.1 Å². The molecule has 1 N–H and O–H groups in total. The van der Waals surface area contributed by atoms with Crippen LogP contribution >= 0.6 is 11.8 Å². The Balaban J connectivity index is 1.75. The Kier molecular flexibility index (Phi) is 7.27. The predicted octanol–water partition coefficient (Wildman–Crippen LogP) is 3.61. The van der Waals surface area contributed by atoms with Crippen molar-refractivity contribution in [1.29, 1.82) is 0 Å². The Bertz CT molecular complexity index is 987. The number of rotatable bonds is 8. The number of benzene rings is 2. The monoisotopic (exact) mass is 450 g/mol. The molecule has 1 heterocycles. The number of nitrogens with zero attached hydrogens (tertiary/aromatic N) is 1. The maximum absolute atomic E-state index is 12.9. The van der Waals surface area contributed by atoms with Crippen LogP contribution in [0.15, 0.2) is 52.3 Å². The Morgan fingerprint density at radius 1 is 1.07 bits per heavy atom. The fourth-order valence-corrected chi connectivity index (χ4v) is 5.58. The van der Waals surface area contributed by atoms with Gasteiger partial charge in [0, 0.05) is 18.0 Å². The van der Waals surface area contributed by atoms with Crippen LogP contribution in [0.2, 0.25) is 0 Å². The van der Waals surface area contributed by atoms with Crippen molar-refractivity contribution in [3.05, 3.63) is 42.5 Å². The molecule has 1 saturated heterocycles. The number of amides is 1. The summed E-state index contributed by atoms with van der Waals surface area (Å²) in [6, 6.07) is 12.0. The van der Waals surface area contributed by atoms with E-state index in [1.807, 2.05) is 24.3 Å². The van der Waals surface area contributed by atoms with E-state index >= 15 is 0 Å². The average Bonchev–Trinajstić information content (AvgIpc) is 3.30. The van der Waals surface area contributed by atoms with Gasteiger partial charge in [-0.3, -0.25) is 4.79 Å². The van der Waals surface area contributed by atoms with Gasteiger partial charge in [-0.05, 0) is 62.2 Å². The largest absolute Gasteiger partial charge is 0.497 e. The van der Waals surface area contributed by atoms with Crippen molar-refractivity contribution in [1.82, 2.24) is 4.31 Å². The van der Waals surface area contributed by atoms with Crippen molar-refractivity contribution >= 4 is 33.4 Å². The van der Waals surface area contributed by atoms with E-state index in [1.165, 1.54) is 35.3 Å². The first-order valence-electron chi connectivity index (χ1n) is 9.65. The third-order valence-electron chi connectivity index (χ3n) is 4.87. The summed E-state index contributed by atoms with van der Waals surface area (Å²) in [5, 5.41) is 2.41. The molecule has 7 nitrogen and oxygen atoms in total. The van der Waals surface area contributed by atoms with Gasteiger partial charge in [0.2, 0.25) is 15.9 Å². The number of carbonyl (C=O) groups is 1. The molecule has 0 aromatic heterocycles. The molecule has 0 unspecified atom stereocenters. The van der Waals surface area contributed by atoms with Crippen molar-refractivity contribution in [2.45, 2.75) is 34.8 Å². The van der Waals surface area contributed by atoms with Crippen LogP contribution in [0.5, 0.6) is 11.5 Å². The number of ether oxygens (including phenoxy) is 2. The van der Waals surface area contributed by atoms with E-state index in [9.17, 15) is 13.2 Å². The van der Waals surface area contributed by atoms with Gasteiger partial charge < -0.3 is 14.8 Å². The van der Waals surface area contributed by atoms with Crippen LogP contribution in [-0.2, 0) is 14.8 Å². The van der Waals surface area contributed by atoms with Gasteiger partial charge in [-0.25, -0.2) is 8.42 Å². The molecule has 1 fully saturated rings. The number of nitrogens with one attached hydrogen (secondary N) is 1. The molecule has 0 bridgehead atoms. The topological polar surface area (TPSA) is 84.9 Å². The molecule has 9 heteroatoms. The summed E-state index contributed by atoms with van der Waals surface area (Å²) < 4.78 is 37.7. The second-order valence-corrected chi connectivity index (χ2v) is 10.3. The summed E-state index contributed by atoms with van der Waals surface area (Å²) in [5.74, 6) is 0.910. The maximum atomic E-state index is 12.9.